The topological polar surface area (TPSA) is 66.5 Å². The highest BCUT2D eigenvalue weighted by atomic mass is 16.2. The van der Waals surface area contributed by atoms with Gasteiger partial charge in [0.15, 0.2) is 0 Å². The fourth-order valence-corrected chi connectivity index (χ4v) is 4.89. The number of nitrogens with zero attached hydrogens (tertiary/aromatic N) is 1. The summed E-state index contributed by atoms with van der Waals surface area (Å²) in [6.45, 7) is 5.77. The van der Waals surface area contributed by atoms with Crippen LogP contribution in [0.4, 0.5) is 5.69 Å². The summed E-state index contributed by atoms with van der Waals surface area (Å²) in [4.78, 5) is 40.0. The van der Waals surface area contributed by atoms with Crippen molar-refractivity contribution in [2.24, 2.45) is 23.7 Å². The van der Waals surface area contributed by atoms with Crippen LogP contribution in [0.3, 0.4) is 0 Å². The van der Waals surface area contributed by atoms with E-state index in [1.165, 1.54) is 4.90 Å². The maximum atomic E-state index is 12.9. The van der Waals surface area contributed by atoms with Crippen LogP contribution in [0, 0.1) is 37.5 Å². The molecule has 5 atom stereocenters. The Morgan fingerprint density at radius 1 is 1.15 bits per heavy atom. The summed E-state index contributed by atoms with van der Waals surface area (Å²) in [5, 5.41) is 2.91. The predicted molar refractivity (Wildman–Crippen MR) is 98.2 cm³/mol. The van der Waals surface area contributed by atoms with E-state index in [4.69, 9.17) is 0 Å². The molecule has 2 aliphatic carbocycles. The standard InChI is InChI=1S/C21H24N2O3/c1-4-16(19(24)22-15-8-5-11(2)9-12(15)3)23-20(25)17-13-6-7-14(10-13)18(17)21(23)26/h5-9,13-14,16-18H,4,10H2,1-3H3,(H,22,24). The van der Waals surface area contributed by atoms with Crippen molar-refractivity contribution in [3.05, 3.63) is 41.5 Å². The number of rotatable bonds is 4. The molecule has 1 aliphatic heterocycles. The number of fused-ring (bicyclic) bond motifs is 5. The average molecular weight is 352 g/mol. The number of likely N-dealkylation sites (tertiary alicyclic amines) is 1. The summed E-state index contributed by atoms with van der Waals surface area (Å²) >= 11 is 0. The molecule has 5 nitrogen and oxygen atoms in total. The van der Waals surface area contributed by atoms with Crippen LogP contribution in [-0.2, 0) is 14.4 Å². The van der Waals surface area contributed by atoms with Crippen molar-refractivity contribution in [2.75, 3.05) is 5.32 Å². The van der Waals surface area contributed by atoms with Crippen LogP contribution < -0.4 is 5.32 Å². The van der Waals surface area contributed by atoms with Crippen molar-refractivity contribution in [1.29, 1.82) is 0 Å². The number of aryl methyl sites for hydroxylation is 2. The lowest BCUT2D eigenvalue weighted by atomic mass is 9.85. The number of hydrogen-bond donors (Lipinski definition) is 1. The van der Waals surface area contributed by atoms with Crippen LogP contribution >= 0.6 is 0 Å². The molecule has 5 unspecified atom stereocenters. The minimum Gasteiger partial charge on any atom is -0.324 e. The van der Waals surface area contributed by atoms with Gasteiger partial charge in [0.05, 0.1) is 11.8 Å². The van der Waals surface area contributed by atoms with E-state index in [0.29, 0.717) is 6.42 Å². The molecule has 1 saturated carbocycles. The summed E-state index contributed by atoms with van der Waals surface area (Å²) in [7, 11) is 0. The van der Waals surface area contributed by atoms with Crippen molar-refractivity contribution in [3.63, 3.8) is 0 Å². The smallest absolute Gasteiger partial charge is 0.247 e. The van der Waals surface area contributed by atoms with E-state index in [0.717, 1.165) is 23.2 Å². The second kappa shape index (κ2) is 6.08. The van der Waals surface area contributed by atoms with Gasteiger partial charge in [0.1, 0.15) is 6.04 Å². The number of anilines is 1. The Bertz CT molecular complexity index is 799. The molecule has 4 rings (SSSR count). The van der Waals surface area contributed by atoms with E-state index in [2.05, 4.69) is 17.5 Å². The van der Waals surface area contributed by atoms with Gasteiger partial charge in [-0.3, -0.25) is 19.3 Å². The third-order valence-corrected chi connectivity index (χ3v) is 6.15. The third kappa shape index (κ3) is 2.41. The number of nitrogens with one attached hydrogen (secondary N) is 1. The molecule has 26 heavy (non-hydrogen) atoms. The molecule has 0 spiro atoms. The molecule has 1 aromatic rings. The van der Waals surface area contributed by atoms with Gasteiger partial charge in [0.2, 0.25) is 17.7 Å². The number of carbonyl (C=O) groups excluding carboxylic acids is 3. The Labute approximate surface area is 153 Å². The van der Waals surface area contributed by atoms with E-state index < -0.39 is 6.04 Å². The Morgan fingerprint density at radius 3 is 2.31 bits per heavy atom. The Balaban J connectivity index is 1.56. The number of imide groups is 1. The molecule has 1 heterocycles. The molecule has 3 amide bonds. The van der Waals surface area contributed by atoms with Gasteiger partial charge in [-0.25, -0.2) is 0 Å². The number of allylic oxidation sites excluding steroid dienone is 2. The van der Waals surface area contributed by atoms with Crippen molar-refractivity contribution in [2.45, 2.75) is 39.7 Å². The first-order valence-corrected chi connectivity index (χ1v) is 9.35. The first-order chi connectivity index (χ1) is 12.4. The maximum absolute atomic E-state index is 12.9. The third-order valence-electron chi connectivity index (χ3n) is 6.15. The minimum atomic E-state index is -0.749. The van der Waals surface area contributed by atoms with Crippen molar-refractivity contribution >= 4 is 23.4 Å². The predicted octanol–water partition coefficient (Wildman–Crippen LogP) is 2.83. The normalized spacial score (nSPS) is 30.0. The fraction of sp³-hybridized carbons (Fsp3) is 0.476. The van der Waals surface area contributed by atoms with Gasteiger partial charge in [0, 0.05) is 5.69 Å². The number of benzene rings is 1. The molecule has 2 bridgehead atoms. The van der Waals surface area contributed by atoms with Gasteiger partial charge in [-0.1, -0.05) is 36.8 Å². The molecule has 0 aromatic heterocycles. The first kappa shape index (κ1) is 17.0. The zero-order chi connectivity index (χ0) is 18.6. The van der Waals surface area contributed by atoms with E-state index in [1.807, 2.05) is 39.0 Å². The number of carbonyl (C=O) groups is 3. The molecule has 2 fully saturated rings. The molecular weight excluding hydrogens is 328 g/mol. The number of hydrogen-bond acceptors (Lipinski definition) is 3. The Kier molecular flexibility index (Phi) is 3.98. The van der Waals surface area contributed by atoms with Crippen LogP contribution in [0.15, 0.2) is 30.4 Å². The second-order valence-corrected chi connectivity index (χ2v) is 7.78. The van der Waals surface area contributed by atoms with Gasteiger partial charge in [-0.2, -0.15) is 0 Å². The lowest BCUT2D eigenvalue weighted by Crippen LogP contribution is -2.48. The number of amides is 3. The first-order valence-electron chi connectivity index (χ1n) is 9.35. The SMILES string of the molecule is CCC(C(=O)Nc1ccc(C)cc1C)N1C(=O)C2C3C=CC(C3)C2C1=O. The van der Waals surface area contributed by atoms with E-state index >= 15 is 0 Å². The summed E-state index contributed by atoms with van der Waals surface area (Å²) in [5.41, 5.74) is 2.81. The highest BCUT2D eigenvalue weighted by Crippen LogP contribution is 2.53. The minimum absolute atomic E-state index is 0.159. The summed E-state index contributed by atoms with van der Waals surface area (Å²) < 4.78 is 0. The molecule has 136 valence electrons. The van der Waals surface area contributed by atoms with Crippen LogP contribution in [0.25, 0.3) is 0 Å². The van der Waals surface area contributed by atoms with Crippen molar-refractivity contribution in [3.8, 4) is 0 Å². The van der Waals surface area contributed by atoms with Gasteiger partial charge in [-0.15, -0.1) is 0 Å². The van der Waals surface area contributed by atoms with E-state index in [9.17, 15) is 14.4 Å². The molecule has 1 saturated heterocycles. The highest BCUT2D eigenvalue weighted by Gasteiger charge is 2.60. The molecular formula is C21H24N2O3. The van der Waals surface area contributed by atoms with Crippen LogP contribution in [0.5, 0.6) is 0 Å². The van der Waals surface area contributed by atoms with Crippen LogP contribution in [0.2, 0.25) is 0 Å². The zero-order valence-corrected chi connectivity index (χ0v) is 15.4. The molecule has 5 heteroatoms. The van der Waals surface area contributed by atoms with Crippen molar-refractivity contribution in [1.82, 2.24) is 4.90 Å². The highest BCUT2D eigenvalue weighted by molar-refractivity contribution is 6.10. The lowest BCUT2D eigenvalue weighted by molar-refractivity contribution is -0.147. The summed E-state index contributed by atoms with van der Waals surface area (Å²) in [6, 6.07) is 5.04. The van der Waals surface area contributed by atoms with E-state index in [-0.39, 0.29) is 41.4 Å². The van der Waals surface area contributed by atoms with Gasteiger partial charge < -0.3 is 5.32 Å². The lowest BCUT2D eigenvalue weighted by Gasteiger charge is -2.26. The molecule has 1 N–H and O–H groups in total. The van der Waals surface area contributed by atoms with E-state index in [1.54, 1.807) is 0 Å². The Hall–Kier alpha value is -2.43. The van der Waals surface area contributed by atoms with Gasteiger partial charge in [-0.05, 0) is 50.2 Å². The zero-order valence-electron chi connectivity index (χ0n) is 15.4. The Morgan fingerprint density at radius 2 is 1.77 bits per heavy atom. The second-order valence-electron chi connectivity index (χ2n) is 7.78. The van der Waals surface area contributed by atoms with Gasteiger partial charge in [0.25, 0.3) is 0 Å². The molecule has 3 aliphatic rings. The monoisotopic (exact) mass is 352 g/mol. The van der Waals surface area contributed by atoms with Crippen LogP contribution in [0.1, 0.15) is 30.9 Å². The molecule has 0 radical (unpaired) electrons. The molecule has 1 aromatic carbocycles. The van der Waals surface area contributed by atoms with Crippen LogP contribution in [-0.4, -0.2) is 28.7 Å². The van der Waals surface area contributed by atoms with Crippen molar-refractivity contribution < 1.29 is 14.4 Å². The quantitative estimate of drug-likeness (QED) is 0.669. The largest absolute Gasteiger partial charge is 0.324 e. The van der Waals surface area contributed by atoms with Gasteiger partial charge >= 0.3 is 0 Å². The summed E-state index contributed by atoms with van der Waals surface area (Å²) in [6.07, 6.45) is 5.44. The fourth-order valence-electron chi connectivity index (χ4n) is 4.89. The maximum Gasteiger partial charge on any atom is 0.247 e. The summed E-state index contributed by atoms with van der Waals surface area (Å²) in [5.74, 6) is -0.834. The average Bonchev–Trinajstić information content (AvgIpc) is 3.27.